The Kier molecular flexibility index (Phi) is 5.11. The Morgan fingerprint density at radius 3 is 2.67 bits per heavy atom. The van der Waals surface area contributed by atoms with Crippen molar-refractivity contribution in [3.63, 3.8) is 0 Å². The van der Waals surface area contributed by atoms with Crippen LogP contribution in [0.3, 0.4) is 0 Å². The number of carbonyl (C=O) groups is 1. The zero-order valence-electron chi connectivity index (χ0n) is 12.6. The fraction of sp³-hybridized carbons (Fsp3) is 0.375. The van der Waals surface area contributed by atoms with Crippen molar-refractivity contribution in [1.29, 1.82) is 0 Å². The summed E-state index contributed by atoms with van der Waals surface area (Å²) in [6.45, 7) is 0.533. The Morgan fingerprint density at radius 2 is 2.05 bits per heavy atom. The molecule has 1 aromatic heterocycles. The van der Waals surface area contributed by atoms with E-state index in [1.54, 1.807) is 22.8 Å². The number of nitrogens with zero attached hydrogens (tertiary/aromatic N) is 3. The molecule has 112 valence electrons. The van der Waals surface area contributed by atoms with Gasteiger partial charge in [-0.15, -0.1) is 0 Å². The van der Waals surface area contributed by atoms with Crippen molar-refractivity contribution in [3.05, 3.63) is 53.9 Å². The first-order valence-corrected chi connectivity index (χ1v) is 7.08. The van der Waals surface area contributed by atoms with Gasteiger partial charge in [-0.2, -0.15) is 5.10 Å². The van der Waals surface area contributed by atoms with Crippen molar-refractivity contribution in [3.8, 4) is 0 Å². The smallest absolute Gasteiger partial charge is 0.239 e. The lowest BCUT2D eigenvalue weighted by Gasteiger charge is -2.20. The van der Waals surface area contributed by atoms with Gasteiger partial charge in [0, 0.05) is 32.4 Å². The highest BCUT2D eigenvalue weighted by Gasteiger charge is 2.18. The van der Waals surface area contributed by atoms with Crippen LogP contribution in [-0.2, 0) is 24.8 Å². The highest BCUT2D eigenvalue weighted by atomic mass is 16.2. The average Bonchev–Trinajstić information content (AvgIpc) is 2.90. The summed E-state index contributed by atoms with van der Waals surface area (Å²) < 4.78 is 1.73. The van der Waals surface area contributed by atoms with Gasteiger partial charge in [-0.05, 0) is 18.4 Å². The van der Waals surface area contributed by atoms with Crippen LogP contribution in [0.4, 0.5) is 0 Å². The molecule has 0 unspecified atom stereocenters. The van der Waals surface area contributed by atoms with Gasteiger partial charge in [0.2, 0.25) is 5.91 Å². The van der Waals surface area contributed by atoms with E-state index in [0.29, 0.717) is 13.0 Å². The molecule has 0 saturated heterocycles. The zero-order valence-corrected chi connectivity index (χ0v) is 12.6. The number of benzene rings is 1. The van der Waals surface area contributed by atoms with Gasteiger partial charge in [0.1, 0.15) is 0 Å². The second-order valence-corrected chi connectivity index (χ2v) is 5.35. The number of carbonyl (C=O) groups excluding carboxylic acids is 1. The van der Waals surface area contributed by atoms with Crippen molar-refractivity contribution < 1.29 is 4.79 Å². The molecule has 0 fully saturated rings. The number of aryl methyl sites for hydroxylation is 2. The molecular formula is C16H22N4O. The summed E-state index contributed by atoms with van der Waals surface area (Å²) in [6, 6.07) is 9.62. The Bertz CT molecular complexity index is 579. The first kappa shape index (κ1) is 15.3. The summed E-state index contributed by atoms with van der Waals surface area (Å²) in [5.74, 6) is -0.0326. The normalized spacial score (nSPS) is 12.1. The molecule has 0 aliphatic carbocycles. The van der Waals surface area contributed by atoms with E-state index in [1.807, 2.05) is 31.4 Å². The van der Waals surface area contributed by atoms with Gasteiger partial charge >= 0.3 is 0 Å². The van der Waals surface area contributed by atoms with Gasteiger partial charge in [0.15, 0.2) is 0 Å². The summed E-state index contributed by atoms with van der Waals surface area (Å²) in [4.78, 5) is 13.9. The molecule has 0 saturated carbocycles. The van der Waals surface area contributed by atoms with Gasteiger partial charge in [0.25, 0.3) is 0 Å². The van der Waals surface area contributed by atoms with Crippen LogP contribution in [0.2, 0.25) is 0 Å². The maximum atomic E-state index is 12.2. The molecule has 5 nitrogen and oxygen atoms in total. The maximum absolute atomic E-state index is 12.2. The minimum absolute atomic E-state index is 0.0326. The third-order valence-corrected chi connectivity index (χ3v) is 3.46. The third-order valence-electron chi connectivity index (χ3n) is 3.46. The molecular weight excluding hydrogens is 264 g/mol. The van der Waals surface area contributed by atoms with E-state index in [-0.39, 0.29) is 5.91 Å². The molecule has 0 aliphatic heterocycles. The summed E-state index contributed by atoms with van der Waals surface area (Å²) in [5.41, 5.74) is 8.22. The van der Waals surface area contributed by atoms with Crippen molar-refractivity contribution >= 4 is 5.91 Å². The second kappa shape index (κ2) is 7.04. The van der Waals surface area contributed by atoms with Crippen LogP contribution in [-0.4, -0.2) is 33.7 Å². The van der Waals surface area contributed by atoms with Crippen LogP contribution < -0.4 is 5.73 Å². The number of likely N-dealkylation sites (N-methyl/N-ethyl adjacent to an activating group) is 1. The quantitative estimate of drug-likeness (QED) is 0.871. The minimum atomic E-state index is -0.466. The van der Waals surface area contributed by atoms with Gasteiger partial charge in [0.05, 0.1) is 12.2 Å². The summed E-state index contributed by atoms with van der Waals surface area (Å²) >= 11 is 0. The monoisotopic (exact) mass is 286 g/mol. The third kappa shape index (κ3) is 4.43. The molecule has 0 aliphatic rings. The standard InChI is InChI=1S/C16H22N4O/c1-19(11-14-10-18-20(2)12-14)16(21)15(17)9-8-13-6-4-3-5-7-13/h3-7,10,12,15H,8-9,11,17H2,1-2H3/t15-/m0/s1. The number of rotatable bonds is 6. The van der Waals surface area contributed by atoms with Crippen LogP contribution in [0.15, 0.2) is 42.7 Å². The number of nitrogens with two attached hydrogens (primary N) is 1. The van der Waals surface area contributed by atoms with Crippen molar-refractivity contribution in [2.75, 3.05) is 7.05 Å². The first-order chi connectivity index (χ1) is 10.1. The SMILES string of the molecule is CN(Cc1cnn(C)c1)C(=O)[C@@H](N)CCc1ccccc1. The van der Waals surface area contributed by atoms with E-state index in [9.17, 15) is 4.79 Å². The predicted octanol–water partition coefficient (Wildman–Crippen LogP) is 1.34. The van der Waals surface area contributed by atoms with Crippen molar-refractivity contribution in [1.82, 2.24) is 14.7 Å². The van der Waals surface area contributed by atoms with Crippen LogP contribution >= 0.6 is 0 Å². The van der Waals surface area contributed by atoms with Crippen LogP contribution in [0.5, 0.6) is 0 Å². The van der Waals surface area contributed by atoms with Gasteiger partial charge < -0.3 is 10.6 Å². The lowest BCUT2D eigenvalue weighted by atomic mass is 10.0. The predicted molar refractivity (Wildman–Crippen MR) is 82.4 cm³/mol. The Morgan fingerprint density at radius 1 is 1.33 bits per heavy atom. The minimum Gasteiger partial charge on any atom is -0.340 e. The van der Waals surface area contributed by atoms with E-state index in [0.717, 1.165) is 12.0 Å². The molecule has 0 radical (unpaired) electrons. The molecule has 1 amide bonds. The number of hydrogen-bond donors (Lipinski definition) is 1. The number of aromatic nitrogens is 2. The topological polar surface area (TPSA) is 64.2 Å². The van der Waals surface area contributed by atoms with E-state index in [4.69, 9.17) is 5.73 Å². The highest BCUT2D eigenvalue weighted by molar-refractivity contribution is 5.81. The van der Waals surface area contributed by atoms with E-state index >= 15 is 0 Å². The molecule has 2 N–H and O–H groups in total. The molecule has 1 heterocycles. The van der Waals surface area contributed by atoms with E-state index < -0.39 is 6.04 Å². The summed E-state index contributed by atoms with van der Waals surface area (Å²) in [6.07, 6.45) is 5.13. The lowest BCUT2D eigenvalue weighted by Crippen LogP contribution is -2.41. The fourth-order valence-corrected chi connectivity index (χ4v) is 2.28. The summed E-state index contributed by atoms with van der Waals surface area (Å²) in [5, 5.41) is 4.10. The average molecular weight is 286 g/mol. The number of hydrogen-bond acceptors (Lipinski definition) is 3. The van der Waals surface area contributed by atoms with E-state index in [1.165, 1.54) is 5.56 Å². The lowest BCUT2D eigenvalue weighted by molar-refractivity contribution is -0.131. The Hall–Kier alpha value is -2.14. The first-order valence-electron chi connectivity index (χ1n) is 7.08. The second-order valence-electron chi connectivity index (χ2n) is 5.35. The van der Waals surface area contributed by atoms with Crippen LogP contribution in [0, 0.1) is 0 Å². The molecule has 1 atom stereocenters. The van der Waals surface area contributed by atoms with Gasteiger partial charge in [-0.3, -0.25) is 9.48 Å². The molecule has 0 spiro atoms. The number of amides is 1. The Balaban J connectivity index is 1.83. The molecule has 21 heavy (non-hydrogen) atoms. The largest absolute Gasteiger partial charge is 0.340 e. The summed E-state index contributed by atoms with van der Waals surface area (Å²) in [7, 11) is 3.63. The molecule has 2 aromatic rings. The van der Waals surface area contributed by atoms with Crippen molar-refractivity contribution in [2.45, 2.75) is 25.4 Å². The fourth-order valence-electron chi connectivity index (χ4n) is 2.28. The van der Waals surface area contributed by atoms with E-state index in [2.05, 4.69) is 17.2 Å². The maximum Gasteiger partial charge on any atom is 0.239 e. The highest BCUT2D eigenvalue weighted by Crippen LogP contribution is 2.07. The molecule has 0 bridgehead atoms. The molecule has 2 rings (SSSR count). The van der Waals surface area contributed by atoms with Gasteiger partial charge in [-0.25, -0.2) is 0 Å². The van der Waals surface area contributed by atoms with Gasteiger partial charge in [-0.1, -0.05) is 30.3 Å². The Labute approximate surface area is 125 Å². The van der Waals surface area contributed by atoms with Crippen LogP contribution in [0.25, 0.3) is 0 Å². The van der Waals surface area contributed by atoms with Crippen molar-refractivity contribution in [2.24, 2.45) is 12.8 Å². The molecule has 5 heteroatoms. The van der Waals surface area contributed by atoms with Crippen LogP contribution in [0.1, 0.15) is 17.5 Å². The zero-order chi connectivity index (χ0) is 15.2. The molecule has 1 aromatic carbocycles.